The number of hydrogen-bond acceptors (Lipinski definition) is 4. The highest BCUT2D eigenvalue weighted by Crippen LogP contribution is 2.48. The minimum Gasteiger partial charge on any atom is -0.456 e. The summed E-state index contributed by atoms with van der Waals surface area (Å²) < 4.78 is 11.8. The van der Waals surface area contributed by atoms with Crippen LogP contribution in [-0.4, -0.2) is 23.8 Å². The van der Waals surface area contributed by atoms with E-state index >= 15 is 0 Å². The molecule has 0 saturated carbocycles. The number of nitrogens with zero attached hydrogens (tertiary/aromatic N) is 5. The van der Waals surface area contributed by atoms with Gasteiger partial charge in [0.05, 0.1) is 43.9 Å². The third-order valence-corrected chi connectivity index (χ3v) is 12.4. The zero-order chi connectivity index (χ0) is 38.3. The predicted octanol–water partition coefficient (Wildman–Crippen LogP) is 13.6. The van der Waals surface area contributed by atoms with Crippen LogP contribution in [0.3, 0.4) is 0 Å². The van der Waals surface area contributed by atoms with Crippen molar-refractivity contribution in [3.05, 3.63) is 176 Å². The van der Waals surface area contributed by atoms with E-state index < -0.39 is 0 Å². The van der Waals surface area contributed by atoms with Crippen molar-refractivity contribution in [2.45, 2.75) is 0 Å². The molecule has 0 spiro atoms. The van der Waals surface area contributed by atoms with Crippen LogP contribution in [0.15, 0.2) is 180 Å². The van der Waals surface area contributed by atoms with Crippen molar-refractivity contribution in [3.63, 3.8) is 0 Å². The molecule has 0 aliphatic rings. The Hall–Kier alpha value is -8.09. The van der Waals surface area contributed by atoms with Crippen LogP contribution in [0.1, 0.15) is 0 Å². The monoisotopic (exact) mass is 751 g/mol. The van der Waals surface area contributed by atoms with Gasteiger partial charge in [0.15, 0.2) is 17.5 Å². The minimum atomic E-state index is 0.624. The second-order valence-corrected chi connectivity index (χ2v) is 15.5. The van der Waals surface area contributed by atoms with Crippen molar-refractivity contribution in [1.29, 1.82) is 0 Å². The van der Waals surface area contributed by atoms with Crippen molar-refractivity contribution in [1.82, 2.24) is 23.8 Å². The summed E-state index contributed by atoms with van der Waals surface area (Å²) in [5.74, 6) is 1.89. The summed E-state index contributed by atoms with van der Waals surface area (Å²) >= 11 is 0. The van der Waals surface area contributed by atoms with Crippen LogP contribution in [0.5, 0.6) is 0 Å². The van der Waals surface area contributed by atoms with Crippen molar-refractivity contribution < 1.29 is 4.42 Å². The van der Waals surface area contributed by atoms with Crippen molar-refractivity contribution in [2.24, 2.45) is 0 Å². The molecule has 0 saturated heterocycles. The first-order chi connectivity index (χ1) is 29.3. The van der Waals surface area contributed by atoms with Crippen molar-refractivity contribution >= 4 is 98.1 Å². The fourth-order valence-corrected chi connectivity index (χ4v) is 10.0. The normalized spacial score (nSPS) is 12.4. The number of rotatable bonds is 3. The molecule has 0 aliphatic heterocycles. The molecule has 0 atom stereocenters. The number of aromatic nitrogens is 5. The molecule has 5 aromatic heterocycles. The molecule has 0 N–H and O–H groups in total. The third kappa shape index (κ3) is 4.06. The first kappa shape index (κ1) is 31.0. The van der Waals surface area contributed by atoms with Crippen LogP contribution in [0.25, 0.3) is 132 Å². The van der Waals surface area contributed by atoms with Gasteiger partial charge in [-0.15, -0.1) is 0 Å². The molecule has 0 fully saturated rings. The largest absolute Gasteiger partial charge is 0.456 e. The number of hydrogen-bond donors (Lipinski definition) is 0. The van der Waals surface area contributed by atoms with E-state index in [9.17, 15) is 0 Å². The molecule has 0 aliphatic carbocycles. The van der Waals surface area contributed by atoms with E-state index in [4.69, 9.17) is 19.4 Å². The maximum absolute atomic E-state index is 6.80. The topological polar surface area (TPSA) is 60.6 Å². The molecule has 5 heterocycles. The summed E-state index contributed by atoms with van der Waals surface area (Å²) in [6.07, 6.45) is 0. The molecule has 9 aromatic carbocycles. The van der Waals surface area contributed by atoms with Gasteiger partial charge in [-0.25, -0.2) is 15.0 Å². The molecular formula is C53H29N5O. The number of benzene rings is 9. The highest BCUT2D eigenvalue weighted by atomic mass is 16.3. The Kier molecular flexibility index (Phi) is 5.93. The quantitative estimate of drug-likeness (QED) is 0.180. The summed E-state index contributed by atoms with van der Waals surface area (Å²) in [7, 11) is 0. The Morgan fingerprint density at radius 3 is 1.69 bits per heavy atom. The molecule has 272 valence electrons. The van der Waals surface area contributed by atoms with Crippen LogP contribution in [0.2, 0.25) is 0 Å². The second kappa shape index (κ2) is 11.3. The number of furan rings is 1. The zero-order valence-electron chi connectivity index (χ0n) is 31.4. The molecule has 6 heteroatoms. The van der Waals surface area contributed by atoms with Crippen LogP contribution in [-0.2, 0) is 0 Å². The van der Waals surface area contributed by atoms with Gasteiger partial charge in [-0.3, -0.25) is 0 Å². The summed E-state index contributed by atoms with van der Waals surface area (Å²) in [6.45, 7) is 0. The number of fused-ring (bicyclic) bond motifs is 12. The lowest BCUT2D eigenvalue weighted by Gasteiger charge is -2.11. The Morgan fingerprint density at radius 2 is 0.932 bits per heavy atom. The predicted molar refractivity (Wildman–Crippen MR) is 242 cm³/mol. The van der Waals surface area contributed by atoms with Gasteiger partial charge in [0.2, 0.25) is 0 Å². The van der Waals surface area contributed by atoms with E-state index in [1.165, 1.54) is 32.3 Å². The molecule has 0 unspecified atom stereocenters. The average Bonchev–Trinajstić information content (AvgIpc) is 3.97. The van der Waals surface area contributed by atoms with Crippen molar-refractivity contribution in [3.8, 4) is 34.2 Å². The zero-order valence-corrected chi connectivity index (χ0v) is 31.4. The van der Waals surface area contributed by atoms with Gasteiger partial charge < -0.3 is 13.2 Å². The first-order valence-electron chi connectivity index (χ1n) is 20.0. The molecule has 0 bridgehead atoms. The first-order valence-corrected chi connectivity index (χ1v) is 20.0. The molecular weight excluding hydrogens is 723 g/mol. The second-order valence-electron chi connectivity index (χ2n) is 15.5. The van der Waals surface area contributed by atoms with E-state index in [0.29, 0.717) is 17.5 Å². The lowest BCUT2D eigenvalue weighted by molar-refractivity contribution is 0.669. The summed E-state index contributed by atoms with van der Waals surface area (Å²) in [5, 5.41) is 11.7. The molecule has 14 aromatic rings. The molecule has 0 amide bonds. The Labute approximate surface area is 335 Å². The third-order valence-electron chi connectivity index (χ3n) is 12.4. The lowest BCUT2D eigenvalue weighted by Crippen LogP contribution is -2.00. The van der Waals surface area contributed by atoms with E-state index in [2.05, 4.69) is 148 Å². The van der Waals surface area contributed by atoms with Gasteiger partial charge in [0.25, 0.3) is 0 Å². The minimum absolute atomic E-state index is 0.624. The fraction of sp³-hybridized carbons (Fsp3) is 0. The van der Waals surface area contributed by atoms with Crippen LogP contribution in [0.4, 0.5) is 0 Å². The van der Waals surface area contributed by atoms with Gasteiger partial charge in [-0.1, -0.05) is 133 Å². The lowest BCUT2D eigenvalue weighted by atomic mass is 9.99. The van der Waals surface area contributed by atoms with E-state index in [1.54, 1.807) is 0 Å². The van der Waals surface area contributed by atoms with Gasteiger partial charge in [0, 0.05) is 38.2 Å². The average molecular weight is 752 g/mol. The van der Waals surface area contributed by atoms with Gasteiger partial charge >= 0.3 is 0 Å². The summed E-state index contributed by atoms with van der Waals surface area (Å²) in [4.78, 5) is 15.5. The Balaban J connectivity index is 1.25. The molecule has 14 rings (SSSR count). The molecule has 59 heavy (non-hydrogen) atoms. The van der Waals surface area contributed by atoms with E-state index in [1.807, 2.05) is 36.4 Å². The smallest absolute Gasteiger partial charge is 0.164 e. The standard InChI is InChI=1S/C53H29N5O/c1-3-14-31(15-4-1)51-54-52(32-16-5-2-6-17-32)56-53(55-51)37-21-11-22-38-44(37)36-26-28-43-48-47-39(23-12-24-42(47)59-43)57-40-27-25-30-13-7-9-19-34(30)45(40)46-35-20-10-8-18-33(35)29-41(50(46)57)58(38)49(36)48/h1-29H. The summed E-state index contributed by atoms with van der Waals surface area (Å²) in [5.41, 5.74) is 11.2. The molecule has 0 radical (unpaired) electrons. The Bertz CT molecular complexity index is 4010. The van der Waals surface area contributed by atoms with E-state index in [-0.39, 0.29) is 0 Å². The van der Waals surface area contributed by atoms with Crippen LogP contribution < -0.4 is 0 Å². The highest BCUT2D eigenvalue weighted by Gasteiger charge is 2.26. The maximum atomic E-state index is 6.80. The van der Waals surface area contributed by atoms with Crippen LogP contribution in [0, 0.1) is 0 Å². The fourth-order valence-electron chi connectivity index (χ4n) is 10.0. The highest BCUT2D eigenvalue weighted by molar-refractivity contribution is 6.35. The SMILES string of the molecule is c1ccc(-c2nc(-c3ccccc3)nc(-c3cccc4c3c3ccc5oc6cccc7c6c5c3n4c3cc4ccccc4c4c5c6ccccc6ccc5n7c43)n2)cc1. The van der Waals surface area contributed by atoms with Crippen LogP contribution >= 0.6 is 0 Å². The molecule has 6 nitrogen and oxygen atoms in total. The Morgan fingerprint density at radius 1 is 0.339 bits per heavy atom. The van der Waals surface area contributed by atoms with Gasteiger partial charge in [0.1, 0.15) is 11.2 Å². The maximum Gasteiger partial charge on any atom is 0.164 e. The van der Waals surface area contributed by atoms with Gasteiger partial charge in [-0.2, -0.15) is 0 Å². The summed E-state index contributed by atoms with van der Waals surface area (Å²) in [6, 6.07) is 62.3. The van der Waals surface area contributed by atoms with E-state index in [0.717, 1.165) is 82.5 Å². The van der Waals surface area contributed by atoms with Crippen molar-refractivity contribution in [2.75, 3.05) is 0 Å². The van der Waals surface area contributed by atoms with Gasteiger partial charge in [-0.05, 0) is 64.0 Å².